The molecule has 4 nitrogen and oxygen atoms in total. The maximum Gasteiger partial charge on any atom is 0.190 e. The van der Waals surface area contributed by atoms with Gasteiger partial charge in [-0.2, -0.15) is 0 Å². The van der Waals surface area contributed by atoms with Crippen LogP contribution in [0, 0.1) is 0 Å². The first kappa shape index (κ1) is 20.9. The number of aromatic nitrogens is 1. The Hall–Kier alpha value is -1.34. The van der Waals surface area contributed by atoms with Gasteiger partial charge in [0.1, 0.15) is 0 Å². The van der Waals surface area contributed by atoms with Crippen molar-refractivity contribution in [3.05, 3.63) is 67.7 Å². The molecule has 0 amide bonds. The highest BCUT2D eigenvalue weighted by atomic mass is 35.5. The third-order valence-corrected chi connectivity index (χ3v) is 6.66. The van der Waals surface area contributed by atoms with Crippen LogP contribution in [-0.2, 0) is 11.3 Å². The van der Waals surface area contributed by atoms with E-state index in [-0.39, 0.29) is 0 Å². The fourth-order valence-corrected chi connectivity index (χ4v) is 4.59. The Morgan fingerprint density at radius 3 is 2.41 bits per heavy atom. The van der Waals surface area contributed by atoms with E-state index in [1.807, 2.05) is 42.5 Å². The summed E-state index contributed by atoms with van der Waals surface area (Å²) < 4.78 is 7.71. The summed E-state index contributed by atoms with van der Waals surface area (Å²) >= 11 is 20.0. The molecule has 29 heavy (non-hydrogen) atoms. The van der Waals surface area contributed by atoms with Crippen LogP contribution in [0.25, 0.3) is 11.3 Å². The second-order valence-corrected chi connectivity index (χ2v) is 8.81. The van der Waals surface area contributed by atoms with E-state index in [0.29, 0.717) is 15.1 Å². The van der Waals surface area contributed by atoms with Crippen LogP contribution < -0.4 is 4.80 Å². The Balaban J connectivity index is 1.71. The van der Waals surface area contributed by atoms with Gasteiger partial charge in [0.25, 0.3) is 0 Å². The van der Waals surface area contributed by atoms with Crippen molar-refractivity contribution in [2.24, 2.45) is 4.99 Å². The molecule has 0 spiro atoms. The van der Waals surface area contributed by atoms with Crippen molar-refractivity contribution < 1.29 is 4.74 Å². The van der Waals surface area contributed by atoms with Crippen LogP contribution >= 0.6 is 46.1 Å². The van der Waals surface area contributed by atoms with Crippen molar-refractivity contribution in [2.75, 3.05) is 32.8 Å². The number of halogens is 3. The first-order valence-electron chi connectivity index (χ1n) is 9.34. The number of morpholine rings is 1. The van der Waals surface area contributed by atoms with Crippen molar-refractivity contribution in [2.45, 2.75) is 6.54 Å². The molecule has 0 unspecified atom stereocenters. The average molecular weight is 469 g/mol. The first-order chi connectivity index (χ1) is 14.1. The van der Waals surface area contributed by atoms with Crippen molar-refractivity contribution in [3.8, 4) is 11.3 Å². The lowest BCUT2D eigenvalue weighted by atomic mass is 10.2. The van der Waals surface area contributed by atoms with Crippen LogP contribution in [0.1, 0.15) is 0 Å². The predicted molar refractivity (Wildman–Crippen MR) is 122 cm³/mol. The second-order valence-electron chi connectivity index (χ2n) is 6.73. The van der Waals surface area contributed by atoms with Crippen LogP contribution in [0.5, 0.6) is 0 Å². The highest BCUT2D eigenvalue weighted by Gasteiger charge is 2.14. The molecule has 152 valence electrons. The molecule has 0 atom stereocenters. The molecule has 1 aliphatic rings. The Labute approximate surface area is 188 Å². The van der Waals surface area contributed by atoms with Gasteiger partial charge in [0.05, 0.1) is 34.6 Å². The molecule has 3 aromatic rings. The molecule has 0 bridgehead atoms. The maximum atomic E-state index is 6.27. The van der Waals surface area contributed by atoms with Crippen molar-refractivity contribution in [1.82, 2.24) is 9.47 Å². The largest absolute Gasteiger partial charge is 0.379 e. The third-order valence-electron chi connectivity index (χ3n) is 4.81. The Morgan fingerprint density at radius 2 is 1.69 bits per heavy atom. The summed E-state index contributed by atoms with van der Waals surface area (Å²) in [6.07, 6.45) is 0. The second kappa shape index (κ2) is 9.65. The van der Waals surface area contributed by atoms with Crippen LogP contribution in [0.3, 0.4) is 0 Å². The smallest absolute Gasteiger partial charge is 0.190 e. The van der Waals surface area contributed by atoms with E-state index in [9.17, 15) is 0 Å². The van der Waals surface area contributed by atoms with Crippen LogP contribution in [0.4, 0.5) is 5.69 Å². The quantitative estimate of drug-likeness (QED) is 0.478. The van der Waals surface area contributed by atoms with Gasteiger partial charge in [-0.3, -0.25) is 4.90 Å². The number of thiazole rings is 1. The van der Waals surface area contributed by atoms with Crippen molar-refractivity contribution >= 4 is 51.8 Å². The van der Waals surface area contributed by atoms with Gasteiger partial charge in [-0.15, -0.1) is 11.3 Å². The minimum Gasteiger partial charge on any atom is -0.379 e. The van der Waals surface area contributed by atoms with E-state index in [1.165, 1.54) is 0 Å². The van der Waals surface area contributed by atoms with E-state index in [1.54, 1.807) is 11.3 Å². The molecule has 2 heterocycles. The summed E-state index contributed by atoms with van der Waals surface area (Å²) in [6, 6.07) is 13.3. The van der Waals surface area contributed by atoms with Crippen molar-refractivity contribution in [3.63, 3.8) is 0 Å². The zero-order chi connectivity index (χ0) is 20.2. The lowest BCUT2D eigenvalue weighted by Crippen LogP contribution is -2.39. The van der Waals surface area contributed by atoms with E-state index < -0.39 is 0 Å². The molecule has 0 N–H and O–H groups in total. The van der Waals surface area contributed by atoms with E-state index in [0.717, 1.165) is 61.1 Å². The van der Waals surface area contributed by atoms with E-state index in [4.69, 9.17) is 44.5 Å². The van der Waals surface area contributed by atoms with Gasteiger partial charge in [0.2, 0.25) is 0 Å². The fourth-order valence-electron chi connectivity index (χ4n) is 3.21. The van der Waals surface area contributed by atoms with Gasteiger partial charge in [-0.05, 0) is 36.4 Å². The zero-order valence-corrected chi connectivity index (χ0v) is 18.7. The van der Waals surface area contributed by atoms with Gasteiger partial charge >= 0.3 is 0 Å². The highest BCUT2D eigenvalue weighted by molar-refractivity contribution is 7.07. The van der Waals surface area contributed by atoms with E-state index in [2.05, 4.69) is 14.8 Å². The molecule has 1 aliphatic heterocycles. The highest BCUT2D eigenvalue weighted by Crippen LogP contribution is 2.29. The maximum absolute atomic E-state index is 6.27. The Bertz CT molecular complexity index is 1040. The van der Waals surface area contributed by atoms with Crippen LogP contribution in [-0.4, -0.2) is 42.3 Å². The number of hydrogen-bond donors (Lipinski definition) is 0. The average Bonchev–Trinajstić information content (AvgIpc) is 3.13. The molecule has 1 aromatic heterocycles. The summed E-state index contributed by atoms with van der Waals surface area (Å²) in [5.41, 5.74) is 2.97. The molecule has 8 heteroatoms. The zero-order valence-electron chi connectivity index (χ0n) is 15.7. The lowest BCUT2D eigenvalue weighted by Gasteiger charge is -2.26. The Kier molecular flexibility index (Phi) is 6.96. The molecule has 0 saturated carbocycles. The topological polar surface area (TPSA) is 29.8 Å². The van der Waals surface area contributed by atoms with Gasteiger partial charge in [-0.25, -0.2) is 4.99 Å². The lowest BCUT2D eigenvalue weighted by molar-refractivity contribution is 0.0363. The Morgan fingerprint density at radius 1 is 0.931 bits per heavy atom. The summed E-state index contributed by atoms with van der Waals surface area (Å²) in [4.78, 5) is 8.20. The number of hydrogen-bond acceptors (Lipinski definition) is 4. The molecular formula is C21H20Cl3N3OS. The molecular weight excluding hydrogens is 449 g/mol. The predicted octanol–water partition coefficient (Wildman–Crippen LogP) is 5.74. The molecule has 2 aromatic carbocycles. The molecule has 4 rings (SSSR count). The summed E-state index contributed by atoms with van der Waals surface area (Å²) in [5, 5.41) is 3.92. The third kappa shape index (κ3) is 5.23. The molecule has 0 aliphatic carbocycles. The minimum atomic E-state index is 0.547. The fraction of sp³-hybridized carbons (Fsp3) is 0.286. The van der Waals surface area contributed by atoms with Crippen molar-refractivity contribution in [1.29, 1.82) is 0 Å². The standard InChI is InChI=1S/C21H20Cl3N3OS/c22-16-2-4-17(5-3-16)25-21-27(8-7-26-9-11-28-12-10-26)20(14-29-21)15-1-6-18(23)19(24)13-15/h1-6,13-14H,7-12H2. The number of benzene rings is 2. The van der Waals surface area contributed by atoms with Gasteiger partial charge in [0.15, 0.2) is 4.80 Å². The normalized spacial score (nSPS) is 15.8. The molecule has 1 fully saturated rings. The van der Waals surface area contributed by atoms with Gasteiger partial charge in [-0.1, -0.05) is 40.9 Å². The monoisotopic (exact) mass is 467 g/mol. The van der Waals surface area contributed by atoms with Gasteiger partial charge in [0, 0.05) is 42.1 Å². The summed E-state index contributed by atoms with van der Waals surface area (Å²) in [6.45, 7) is 5.24. The van der Waals surface area contributed by atoms with E-state index >= 15 is 0 Å². The van der Waals surface area contributed by atoms with Crippen LogP contribution in [0.2, 0.25) is 15.1 Å². The van der Waals surface area contributed by atoms with Gasteiger partial charge < -0.3 is 9.30 Å². The summed E-state index contributed by atoms with van der Waals surface area (Å²) in [7, 11) is 0. The van der Waals surface area contributed by atoms with Crippen LogP contribution in [0.15, 0.2) is 52.8 Å². The minimum absolute atomic E-state index is 0.547. The molecule has 1 saturated heterocycles. The number of ether oxygens (including phenoxy) is 1. The SMILES string of the molecule is Clc1ccc(N=c2scc(-c3ccc(Cl)c(Cl)c3)n2CCN2CCOCC2)cc1. The number of nitrogens with zero attached hydrogens (tertiary/aromatic N) is 3. The summed E-state index contributed by atoms with van der Waals surface area (Å²) in [5.74, 6) is 0. The number of rotatable bonds is 5. The first-order valence-corrected chi connectivity index (χ1v) is 11.4. The molecule has 0 radical (unpaired) electrons.